The molecule has 0 saturated heterocycles. The highest BCUT2D eigenvalue weighted by Gasteiger charge is 2.26. The second kappa shape index (κ2) is 6.55. The summed E-state index contributed by atoms with van der Waals surface area (Å²) >= 11 is 0. The van der Waals surface area contributed by atoms with Crippen molar-refractivity contribution in [2.75, 3.05) is 6.54 Å². The minimum Gasteiger partial charge on any atom is -0.493 e. The molecule has 1 aromatic heterocycles. The molecule has 9 nitrogen and oxygen atoms in total. The summed E-state index contributed by atoms with van der Waals surface area (Å²) in [5.41, 5.74) is -1.96. The highest BCUT2D eigenvalue weighted by Crippen LogP contribution is 2.19. The Labute approximate surface area is 120 Å². The number of alkyl carbamates (subject to hydrolysis) is 1. The van der Waals surface area contributed by atoms with Gasteiger partial charge in [-0.2, -0.15) is 0 Å². The zero-order valence-corrected chi connectivity index (χ0v) is 12.0. The van der Waals surface area contributed by atoms with Gasteiger partial charge in [0, 0.05) is 6.54 Å². The molecule has 9 heteroatoms. The van der Waals surface area contributed by atoms with Crippen LogP contribution in [0.4, 0.5) is 4.79 Å². The van der Waals surface area contributed by atoms with Crippen molar-refractivity contribution < 1.29 is 24.9 Å². The molecule has 0 saturated carbocycles. The van der Waals surface area contributed by atoms with E-state index in [0.717, 1.165) is 6.33 Å². The molecular formula is C12H19N3O6. The first-order chi connectivity index (χ1) is 9.61. The van der Waals surface area contributed by atoms with Gasteiger partial charge in [0.15, 0.2) is 0 Å². The average molecular weight is 301 g/mol. The lowest BCUT2D eigenvalue weighted by Crippen LogP contribution is -2.39. The fourth-order valence-corrected chi connectivity index (χ4v) is 1.47. The summed E-state index contributed by atoms with van der Waals surface area (Å²) in [4.78, 5) is 28.4. The Kier molecular flexibility index (Phi) is 5.28. The van der Waals surface area contributed by atoms with Gasteiger partial charge in [0.25, 0.3) is 5.56 Å². The maximum atomic E-state index is 11.5. The van der Waals surface area contributed by atoms with E-state index < -0.39 is 40.9 Å². The second-order valence-electron chi connectivity index (χ2n) is 5.36. The standard InChI is InChI=1S/C12H19N3O6/c1-12(2,3)21-11(20)13-4-6(16)8(17)7-9(18)14-5-15-10(7)19/h5-6,8,16-17H,4H2,1-3H3,(H,13,20)(H2,14,15,18,19). The molecule has 2 unspecified atom stereocenters. The van der Waals surface area contributed by atoms with Crippen LogP contribution in [0.15, 0.2) is 11.1 Å². The highest BCUT2D eigenvalue weighted by atomic mass is 16.6. The van der Waals surface area contributed by atoms with Crippen molar-refractivity contribution in [3.63, 3.8) is 0 Å². The van der Waals surface area contributed by atoms with E-state index in [9.17, 15) is 24.9 Å². The number of ether oxygens (including phenoxy) is 1. The van der Waals surface area contributed by atoms with E-state index in [-0.39, 0.29) is 6.54 Å². The molecule has 118 valence electrons. The Balaban J connectivity index is 2.66. The number of hydrogen-bond donors (Lipinski definition) is 5. The van der Waals surface area contributed by atoms with E-state index in [4.69, 9.17) is 4.74 Å². The molecule has 0 aliphatic heterocycles. The lowest BCUT2D eigenvalue weighted by Gasteiger charge is -2.22. The number of nitrogens with zero attached hydrogens (tertiary/aromatic N) is 1. The lowest BCUT2D eigenvalue weighted by molar-refractivity contribution is 0.0109. The van der Waals surface area contributed by atoms with E-state index >= 15 is 0 Å². The van der Waals surface area contributed by atoms with Gasteiger partial charge in [-0.3, -0.25) is 4.79 Å². The smallest absolute Gasteiger partial charge is 0.407 e. The van der Waals surface area contributed by atoms with E-state index in [1.807, 2.05) is 0 Å². The van der Waals surface area contributed by atoms with Crippen LogP contribution in [0.25, 0.3) is 0 Å². The predicted octanol–water partition coefficient (Wildman–Crippen LogP) is -0.605. The minimum absolute atomic E-state index is 0.371. The van der Waals surface area contributed by atoms with E-state index in [0.29, 0.717) is 0 Å². The van der Waals surface area contributed by atoms with Crippen molar-refractivity contribution in [2.24, 2.45) is 0 Å². The van der Waals surface area contributed by atoms with Crippen LogP contribution in [-0.4, -0.2) is 49.6 Å². The normalized spacial score (nSPS) is 14.3. The van der Waals surface area contributed by atoms with Crippen molar-refractivity contribution in [2.45, 2.75) is 38.6 Å². The number of amides is 1. The number of carbonyl (C=O) groups excluding carboxylic acids is 1. The molecule has 0 radical (unpaired) electrons. The largest absolute Gasteiger partial charge is 0.493 e. The molecule has 1 aromatic rings. The molecule has 0 spiro atoms. The van der Waals surface area contributed by atoms with Crippen LogP contribution < -0.4 is 10.9 Å². The van der Waals surface area contributed by atoms with Gasteiger partial charge in [-0.05, 0) is 20.8 Å². The van der Waals surface area contributed by atoms with Gasteiger partial charge in [0.2, 0.25) is 5.88 Å². The van der Waals surface area contributed by atoms with Gasteiger partial charge in [-0.25, -0.2) is 9.78 Å². The number of H-pyrrole nitrogens is 1. The summed E-state index contributed by atoms with van der Waals surface area (Å²) in [5.74, 6) is -0.692. The molecule has 0 bridgehead atoms. The SMILES string of the molecule is CC(C)(C)OC(=O)NCC(O)C(O)c1c(O)nc[nH]c1=O. The maximum Gasteiger partial charge on any atom is 0.407 e. The van der Waals surface area contributed by atoms with Crippen LogP contribution in [0, 0.1) is 0 Å². The Hall–Kier alpha value is -2.13. The van der Waals surface area contributed by atoms with Gasteiger partial charge in [-0.1, -0.05) is 0 Å². The zero-order valence-electron chi connectivity index (χ0n) is 12.0. The molecular weight excluding hydrogens is 282 g/mol. The third-order valence-corrected chi connectivity index (χ3v) is 2.38. The third kappa shape index (κ3) is 5.04. The van der Waals surface area contributed by atoms with Crippen molar-refractivity contribution in [3.8, 4) is 5.88 Å². The van der Waals surface area contributed by atoms with Gasteiger partial charge >= 0.3 is 6.09 Å². The first-order valence-corrected chi connectivity index (χ1v) is 6.21. The first-order valence-electron chi connectivity index (χ1n) is 6.21. The number of rotatable bonds is 4. The van der Waals surface area contributed by atoms with Gasteiger partial charge in [-0.15, -0.1) is 0 Å². The van der Waals surface area contributed by atoms with Crippen LogP contribution >= 0.6 is 0 Å². The van der Waals surface area contributed by atoms with E-state index in [1.165, 1.54) is 0 Å². The van der Waals surface area contributed by atoms with Crippen molar-refractivity contribution in [1.29, 1.82) is 0 Å². The predicted molar refractivity (Wildman–Crippen MR) is 71.7 cm³/mol. The number of aromatic amines is 1. The summed E-state index contributed by atoms with van der Waals surface area (Å²) in [6.07, 6.45) is -3.05. The average Bonchev–Trinajstić information content (AvgIpc) is 2.33. The Morgan fingerprint density at radius 3 is 2.62 bits per heavy atom. The van der Waals surface area contributed by atoms with Crippen molar-refractivity contribution in [1.82, 2.24) is 15.3 Å². The quantitative estimate of drug-likeness (QED) is 0.499. The number of nitrogens with one attached hydrogen (secondary N) is 2. The number of carbonyl (C=O) groups is 1. The molecule has 5 N–H and O–H groups in total. The van der Waals surface area contributed by atoms with E-state index in [1.54, 1.807) is 20.8 Å². The summed E-state index contributed by atoms with van der Waals surface area (Å²) in [5, 5.41) is 31.3. The summed E-state index contributed by atoms with van der Waals surface area (Å²) in [6.45, 7) is 4.64. The third-order valence-electron chi connectivity index (χ3n) is 2.38. The van der Waals surface area contributed by atoms with Gasteiger partial charge in [0.1, 0.15) is 23.4 Å². The highest BCUT2D eigenvalue weighted by molar-refractivity contribution is 5.67. The lowest BCUT2D eigenvalue weighted by atomic mass is 10.1. The maximum absolute atomic E-state index is 11.5. The number of aliphatic hydroxyl groups is 2. The monoisotopic (exact) mass is 301 g/mol. The van der Waals surface area contributed by atoms with Crippen LogP contribution in [0.2, 0.25) is 0 Å². The summed E-state index contributed by atoms with van der Waals surface area (Å²) in [6, 6.07) is 0. The fraction of sp³-hybridized carbons (Fsp3) is 0.583. The summed E-state index contributed by atoms with van der Waals surface area (Å²) in [7, 11) is 0. The van der Waals surface area contributed by atoms with Crippen LogP contribution in [0.3, 0.4) is 0 Å². The zero-order chi connectivity index (χ0) is 16.2. The molecule has 1 heterocycles. The Morgan fingerprint density at radius 2 is 2.10 bits per heavy atom. The molecule has 1 rings (SSSR count). The topological polar surface area (TPSA) is 145 Å². The molecule has 21 heavy (non-hydrogen) atoms. The minimum atomic E-state index is -1.71. The molecule has 0 aromatic carbocycles. The van der Waals surface area contributed by atoms with Gasteiger partial charge < -0.3 is 30.4 Å². The van der Waals surface area contributed by atoms with Crippen LogP contribution in [0.1, 0.15) is 32.4 Å². The van der Waals surface area contributed by atoms with Crippen molar-refractivity contribution in [3.05, 3.63) is 22.2 Å². The Bertz CT molecular complexity index is 551. The fourth-order valence-electron chi connectivity index (χ4n) is 1.47. The van der Waals surface area contributed by atoms with Crippen molar-refractivity contribution >= 4 is 6.09 Å². The number of aliphatic hydroxyl groups excluding tert-OH is 2. The summed E-state index contributed by atoms with van der Waals surface area (Å²) < 4.78 is 4.95. The van der Waals surface area contributed by atoms with Gasteiger partial charge in [0.05, 0.1) is 6.33 Å². The Morgan fingerprint density at radius 1 is 1.48 bits per heavy atom. The molecule has 0 aliphatic carbocycles. The van der Waals surface area contributed by atoms with Crippen LogP contribution in [0.5, 0.6) is 5.88 Å². The molecule has 2 atom stereocenters. The first kappa shape index (κ1) is 16.9. The number of hydrogen-bond acceptors (Lipinski definition) is 7. The van der Waals surface area contributed by atoms with Crippen LogP contribution in [-0.2, 0) is 4.74 Å². The molecule has 0 fully saturated rings. The van der Waals surface area contributed by atoms with E-state index in [2.05, 4.69) is 15.3 Å². The number of aromatic hydroxyl groups is 1. The molecule has 0 aliphatic rings. The molecule has 1 amide bonds. The second-order valence-corrected chi connectivity index (χ2v) is 5.36. The number of aromatic nitrogens is 2.